The molecule has 6 nitrogen and oxygen atoms in total. The highest BCUT2D eigenvalue weighted by molar-refractivity contribution is 6.09. The zero-order chi connectivity index (χ0) is 23.8. The molecule has 178 valence electrons. The van der Waals surface area contributed by atoms with Gasteiger partial charge in [0.05, 0.1) is 25.3 Å². The van der Waals surface area contributed by atoms with E-state index in [9.17, 15) is 18.0 Å². The number of nitrogens with zero attached hydrogens (tertiary/aromatic N) is 2. The Labute approximate surface area is 191 Å². The van der Waals surface area contributed by atoms with Crippen molar-refractivity contribution < 1.29 is 22.7 Å². The normalized spacial score (nSPS) is 15.5. The third kappa shape index (κ3) is 7.57. The lowest BCUT2D eigenvalue weighted by Crippen LogP contribution is -2.39. The summed E-state index contributed by atoms with van der Waals surface area (Å²) in [6.07, 6.45) is -4.45. The largest absolute Gasteiger partial charge is 0.416 e. The molecule has 33 heavy (non-hydrogen) atoms. The van der Waals surface area contributed by atoms with Crippen LogP contribution in [0.5, 0.6) is 0 Å². The van der Waals surface area contributed by atoms with Gasteiger partial charge in [0.25, 0.3) is 5.91 Å². The number of aliphatic imine (C=N–C) groups is 1. The number of benzene rings is 2. The third-order valence-corrected chi connectivity index (χ3v) is 5.34. The second-order valence-corrected chi connectivity index (χ2v) is 8.12. The van der Waals surface area contributed by atoms with Crippen LogP contribution in [0, 0.1) is 0 Å². The van der Waals surface area contributed by atoms with Crippen LogP contribution in [0.4, 0.5) is 18.9 Å². The van der Waals surface area contributed by atoms with Gasteiger partial charge in [0.2, 0.25) is 5.96 Å². The van der Waals surface area contributed by atoms with E-state index in [1.807, 2.05) is 24.3 Å². The number of rotatable bonds is 6. The maximum atomic E-state index is 12.8. The lowest BCUT2D eigenvalue weighted by molar-refractivity contribution is -0.137. The zero-order valence-corrected chi connectivity index (χ0v) is 18.8. The molecule has 1 fully saturated rings. The topological polar surface area (TPSA) is 66.0 Å². The lowest BCUT2D eigenvalue weighted by Gasteiger charge is -2.25. The number of nitrogens with one attached hydrogen (secondary N) is 2. The third-order valence-electron chi connectivity index (χ3n) is 5.34. The first-order valence-corrected chi connectivity index (χ1v) is 10.9. The summed E-state index contributed by atoms with van der Waals surface area (Å²) in [7, 11) is 0. The number of halogens is 3. The number of alkyl halides is 3. The molecule has 2 aromatic rings. The summed E-state index contributed by atoms with van der Waals surface area (Å²) in [5, 5.41) is 5.80. The molecule has 3 rings (SSSR count). The molecule has 0 radical (unpaired) electrons. The van der Waals surface area contributed by atoms with Gasteiger partial charge in [0.1, 0.15) is 0 Å². The van der Waals surface area contributed by atoms with Crippen molar-refractivity contribution in [1.29, 1.82) is 0 Å². The van der Waals surface area contributed by atoms with E-state index in [-0.39, 0.29) is 11.5 Å². The van der Waals surface area contributed by atoms with Crippen LogP contribution in [-0.2, 0) is 10.9 Å². The van der Waals surface area contributed by atoms with Crippen molar-refractivity contribution >= 4 is 17.6 Å². The molecule has 0 unspecified atom stereocenters. The van der Waals surface area contributed by atoms with Crippen molar-refractivity contribution in [2.45, 2.75) is 25.9 Å². The highest BCUT2D eigenvalue weighted by Gasteiger charge is 2.30. The summed E-state index contributed by atoms with van der Waals surface area (Å²) in [5.74, 6) is 0.0886. The van der Waals surface area contributed by atoms with Crippen LogP contribution in [0.25, 0.3) is 0 Å². The Morgan fingerprint density at radius 1 is 1.06 bits per heavy atom. The van der Waals surface area contributed by atoms with Crippen molar-refractivity contribution in [3.63, 3.8) is 0 Å². The molecule has 1 amide bonds. The second-order valence-electron chi connectivity index (χ2n) is 8.12. The molecule has 1 heterocycles. The van der Waals surface area contributed by atoms with E-state index < -0.39 is 17.6 Å². The number of amides is 1. The first kappa shape index (κ1) is 24.7. The standard InChI is InChI=1S/C24H29F3N4O2/c1-17(2)18-5-9-21(10-6-18)29-23(28-11-12-31-13-15-33-16-14-31)30-22(32)19-3-7-20(8-4-19)24(25,26)27/h3-10,17H,11-16H2,1-2H3,(H2,28,29,30,32). The highest BCUT2D eigenvalue weighted by Crippen LogP contribution is 2.29. The molecule has 0 spiro atoms. The number of hydrogen-bond donors (Lipinski definition) is 2. The summed E-state index contributed by atoms with van der Waals surface area (Å²) in [5.41, 5.74) is 1.24. The number of morpholine rings is 1. The van der Waals surface area contributed by atoms with Crippen LogP contribution in [0.3, 0.4) is 0 Å². The minimum atomic E-state index is -4.45. The molecule has 0 bridgehead atoms. The van der Waals surface area contributed by atoms with Crippen molar-refractivity contribution in [1.82, 2.24) is 10.2 Å². The van der Waals surface area contributed by atoms with Crippen molar-refractivity contribution in [2.24, 2.45) is 4.99 Å². The fourth-order valence-electron chi connectivity index (χ4n) is 3.32. The monoisotopic (exact) mass is 462 g/mol. The van der Waals surface area contributed by atoms with Crippen molar-refractivity contribution in [3.05, 3.63) is 65.2 Å². The average Bonchev–Trinajstić information content (AvgIpc) is 2.79. The van der Waals surface area contributed by atoms with Crippen LogP contribution in [0.1, 0.15) is 41.3 Å². The molecule has 2 aromatic carbocycles. The number of guanidine groups is 1. The maximum Gasteiger partial charge on any atom is 0.416 e. The Hall–Kier alpha value is -2.91. The zero-order valence-electron chi connectivity index (χ0n) is 18.8. The fourth-order valence-corrected chi connectivity index (χ4v) is 3.32. The predicted molar refractivity (Wildman–Crippen MR) is 123 cm³/mol. The Kier molecular flexibility index (Phi) is 8.46. The highest BCUT2D eigenvalue weighted by atomic mass is 19.4. The molecular formula is C24H29F3N4O2. The van der Waals surface area contributed by atoms with Crippen LogP contribution in [0.2, 0.25) is 0 Å². The molecule has 1 aliphatic rings. The van der Waals surface area contributed by atoms with Gasteiger partial charge in [-0.15, -0.1) is 0 Å². The van der Waals surface area contributed by atoms with Gasteiger partial charge in [-0.05, 0) is 47.9 Å². The predicted octanol–water partition coefficient (Wildman–Crippen LogP) is 4.36. The van der Waals surface area contributed by atoms with Gasteiger partial charge in [-0.1, -0.05) is 26.0 Å². The molecule has 0 aromatic heterocycles. The Morgan fingerprint density at radius 2 is 1.70 bits per heavy atom. The van der Waals surface area contributed by atoms with E-state index in [0.717, 1.165) is 43.0 Å². The molecule has 1 saturated heterocycles. The van der Waals surface area contributed by atoms with Gasteiger partial charge in [0.15, 0.2) is 0 Å². The molecule has 2 N–H and O–H groups in total. The Balaban J connectivity index is 1.70. The van der Waals surface area contributed by atoms with Gasteiger partial charge >= 0.3 is 6.18 Å². The maximum absolute atomic E-state index is 12.8. The van der Waals surface area contributed by atoms with Crippen LogP contribution in [0.15, 0.2) is 53.5 Å². The van der Waals surface area contributed by atoms with Crippen molar-refractivity contribution in [3.8, 4) is 0 Å². The number of ether oxygens (including phenoxy) is 1. The number of anilines is 1. The van der Waals surface area contributed by atoms with E-state index >= 15 is 0 Å². The van der Waals surface area contributed by atoms with Crippen LogP contribution < -0.4 is 10.6 Å². The van der Waals surface area contributed by atoms with E-state index in [1.165, 1.54) is 5.56 Å². The molecule has 0 atom stereocenters. The number of hydrogen-bond acceptors (Lipinski definition) is 4. The van der Waals surface area contributed by atoms with Gasteiger partial charge in [-0.3, -0.25) is 20.0 Å². The molecule has 0 aliphatic carbocycles. The average molecular weight is 463 g/mol. The summed E-state index contributed by atoms with van der Waals surface area (Å²) in [6, 6.07) is 11.9. The Bertz CT molecular complexity index is 936. The smallest absolute Gasteiger partial charge is 0.379 e. The minimum absolute atomic E-state index is 0.112. The van der Waals surface area contributed by atoms with Crippen molar-refractivity contribution in [2.75, 3.05) is 44.7 Å². The number of carbonyl (C=O) groups excluding carboxylic acids is 1. The van der Waals surface area contributed by atoms with E-state index in [0.29, 0.717) is 32.2 Å². The van der Waals surface area contributed by atoms with Crippen LogP contribution in [-0.4, -0.2) is 56.2 Å². The first-order chi connectivity index (χ1) is 15.7. The molecule has 9 heteroatoms. The summed E-state index contributed by atoms with van der Waals surface area (Å²) < 4.78 is 43.8. The lowest BCUT2D eigenvalue weighted by atomic mass is 10.0. The molecule has 1 aliphatic heterocycles. The van der Waals surface area contributed by atoms with Gasteiger partial charge in [0, 0.05) is 30.9 Å². The Morgan fingerprint density at radius 3 is 2.27 bits per heavy atom. The number of carbonyl (C=O) groups is 1. The van der Waals surface area contributed by atoms with Crippen LogP contribution >= 0.6 is 0 Å². The SMILES string of the molecule is CC(C)c1ccc(NC(=NCCN2CCOCC2)NC(=O)c2ccc(C(F)(F)F)cc2)cc1. The minimum Gasteiger partial charge on any atom is -0.379 e. The summed E-state index contributed by atoms with van der Waals surface area (Å²) >= 11 is 0. The van der Waals surface area contributed by atoms with Gasteiger partial charge in [-0.2, -0.15) is 13.2 Å². The van der Waals surface area contributed by atoms with E-state index in [4.69, 9.17) is 4.74 Å². The second kappa shape index (κ2) is 11.3. The van der Waals surface area contributed by atoms with E-state index in [1.54, 1.807) is 0 Å². The van der Waals surface area contributed by atoms with Gasteiger partial charge in [-0.25, -0.2) is 0 Å². The summed E-state index contributed by atoms with van der Waals surface area (Å²) in [6.45, 7) is 8.37. The van der Waals surface area contributed by atoms with Gasteiger partial charge < -0.3 is 10.1 Å². The fraction of sp³-hybridized carbons (Fsp3) is 0.417. The molecule has 0 saturated carbocycles. The first-order valence-electron chi connectivity index (χ1n) is 10.9. The quantitative estimate of drug-likeness (QED) is 0.495. The van der Waals surface area contributed by atoms with E-state index in [2.05, 4.69) is 34.4 Å². The molecular weight excluding hydrogens is 433 g/mol. The summed E-state index contributed by atoms with van der Waals surface area (Å²) in [4.78, 5) is 19.4.